The Balaban J connectivity index is 1.32. The first kappa shape index (κ1) is 40.5. The van der Waals surface area contributed by atoms with Gasteiger partial charge in [0.15, 0.2) is 11.6 Å². The van der Waals surface area contributed by atoms with E-state index >= 15 is 0 Å². The third-order valence-corrected chi connectivity index (χ3v) is 9.18. The first-order valence-electron chi connectivity index (χ1n) is 18.3. The lowest BCUT2D eigenvalue weighted by molar-refractivity contribution is -0.159. The van der Waals surface area contributed by atoms with Crippen molar-refractivity contribution in [2.75, 3.05) is 25.4 Å². The molecule has 2 aliphatic heterocycles. The molecule has 0 unspecified atom stereocenters. The summed E-state index contributed by atoms with van der Waals surface area (Å²) in [5.74, 6) is -3.03. The van der Waals surface area contributed by atoms with Crippen molar-refractivity contribution in [3.63, 3.8) is 0 Å². The summed E-state index contributed by atoms with van der Waals surface area (Å²) < 4.78 is 27.9. The molecule has 0 spiro atoms. The van der Waals surface area contributed by atoms with E-state index in [4.69, 9.17) is 14.9 Å². The van der Waals surface area contributed by atoms with Crippen molar-refractivity contribution >= 4 is 29.4 Å². The number of halogens is 1. The Labute approximate surface area is 318 Å². The summed E-state index contributed by atoms with van der Waals surface area (Å²) in [4.78, 5) is 63.1. The molecule has 2 bridgehead atoms. The second-order valence-corrected chi connectivity index (χ2v) is 14.0. The number of oxazole rings is 1. The van der Waals surface area contributed by atoms with E-state index in [0.29, 0.717) is 41.9 Å². The Morgan fingerprint density at radius 3 is 2.80 bits per heavy atom. The quantitative estimate of drug-likeness (QED) is 0.256. The van der Waals surface area contributed by atoms with Gasteiger partial charge < -0.3 is 35.5 Å². The first-order valence-corrected chi connectivity index (χ1v) is 18.3. The zero-order valence-electron chi connectivity index (χ0n) is 31.1. The molecule has 0 aliphatic carbocycles. The number of nitrogens with one attached hydrogen (secondary N) is 2. The number of cyclic esters (lactones) is 1. The van der Waals surface area contributed by atoms with Crippen molar-refractivity contribution in [3.05, 3.63) is 78.5 Å². The normalized spacial score (nSPS) is 23.8. The number of aliphatic hydroxyl groups is 1. The zero-order chi connectivity index (χ0) is 39.5. The minimum atomic E-state index is -1.50. The molecule has 5 atom stereocenters. The number of nitrogen functional groups attached to an aromatic ring is 1. The fourth-order valence-electron chi connectivity index (χ4n) is 6.50. The highest BCUT2D eigenvalue weighted by molar-refractivity contribution is 5.95. The molecule has 0 saturated carbocycles. The second kappa shape index (κ2) is 19.1. The number of rotatable bonds is 7. The Bertz CT molecular complexity index is 1900. The summed E-state index contributed by atoms with van der Waals surface area (Å²) in [6.45, 7) is 6.36. The summed E-state index contributed by atoms with van der Waals surface area (Å²) in [7, 11) is 0. The molecule has 3 aromatic rings. The lowest BCUT2D eigenvalue weighted by Gasteiger charge is -2.30. The van der Waals surface area contributed by atoms with Crippen LogP contribution in [-0.4, -0.2) is 103 Å². The molecule has 3 amide bonds. The number of hydrogen-bond donors (Lipinski definition) is 4. The fourth-order valence-corrected chi connectivity index (χ4v) is 6.50. The minimum Gasteiger partial charge on any atom is -0.460 e. The molecule has 3 aromatic heterocycles. The van der Waals surface area contributed by atoms with Gasteiger partial charge in [0.2, 0.25) is 11.8 Å². The van der Waals surface area contributed by atoms with Gasteiger partial charge >= 0.3 is 5.97 Å². The molecule has 0 radical (unpaired) electrons. The number of pyridine rings is 1. The highest BCUT2D eigenvalue weighted by Crippen LogP contribution is 2.27. The topological polar surface area (TPSA) is 221 Å². The lowest BCUT2D eigenvalue weighted by atomic mass is 9.89. The lowest BCUT2D eigenvalue weighted by Crippen LogP contribution is -2.44. The van der Waals surface area contributed by atoms with Gasteiger partial charge in [0.1, 0.15) is 30.3 Å². The van der Waals surface area contributed by atoms with Gasteiger partial charge in [0, 0.05) is 56.4 Å². The summed E-state index contributed by atoms with van der Waals surface area (Å²) in [6.07, 6.45) is 10.6. The van der Waals surface area contributed by atoms with E-state index in [9.17, 15) is 28.7 Å². The molecule has 55 heavy (non-hydrogen) atoms. The standard InChI is InChI=1S/C38H48FN9O7/c1-23(2)36-25(16-34(51)43-11-13-47-21-30(45-46-47)26-15-28(40)20-41-19-26)8-9-33(50)42-10-4-6-24(3)14-29(49)17-27(39)18-35-44-31(22-54-35)37(52)48-12-5-7-32(48)38(53)55-36/h4,6,8-9,14-15,19-23,25,27,29,32,36,49H,5,7,10-13,16-18,40H2,1-3H3,(H,42,50)(H,43,51)/b6-4?,9-8+,24-14?/t25-,27+,29+,32+,36+/m0/s1. The third kappa shape index (κ3) is 11.6. The number of allylic oxidation sites excluding steroid dienone is 2. The van der Waals surface area contributed by atoms with Crippen LogP contribution in [0.5, 0.6) is 0 Å². The van der Waals surface area contributed by atoms with Crippen LogP contribution < -0.4 is 16.4 Å². The summed E-state index contributed by atoms with van der Waals surface area (Å²) >= 11 is 0. The molecule has 17 heteroatoms. The van der Waals surface area contributed by atoms with Crippen molar-refractivity contribution in [2.24, 2.45) is 11.8 Å². The second-order valence-electron chi connectivity index (χ2n) is 14.0. The van der Waals surface area contributed by atoms with Gasteiger partial charge in [-0.25, -0.2) is 14.2 Å². The number of fused-ring (bicyclic) bond motifs is 3. The largest absolute Gasteiger partial charge is 0.460 e. The van der Waals surface area contributed by atoms with E-state index in [2.05, 4.69) is 30.9 Å². The van der Waals surface area contributed by atoms with E-state index in [1.165, 1.54) is 23.2 Å². The van der Waals surface area contributed by atoms with E-state index in [-0.39, 0.29) is 62.3 Å². The number of ether oxygens (including phenoxy) is 1. The number of nitrogens with zero attached hydrogens (tertiary/aromatic N) is 6. The van der Waals surface area contributed by atoms with Crippen LogP contribution >= 0.6 is 0 Å². The first-order chi connectivity index (χ1) is 26.4. The summed E-state index contributed by atoms with van der Waals surface area (Å²) in [5.41, 5.74) is 8.18. The smallest absolute Gasteiger partial charge is 0.329 e. The molecule has 5 heterocycles. The number of alkyl halides is 1. The Morgan fingerprint density at radius 1 is 1.20 bits per heavy atom. The van der Waals surface area contributed by atoms with E-state index < -0.39 is 48.1 Å². The number of anilines is 1. The maximum Gasteiger partial charge on any atom is 0.329 e. The highest BCUT2D eigenvalue weighted by Gasteiger charge is 2.39. The number of carbonyl (C=O) groups is 4. The molecular formula is C38H48FN9O7. The van der Waals surface area contributed by atoms with E-state index in [1.807, 2.05) is 13.8 Å². The van der Waals surface area contributed by atoms with Crippen molar-refractivity contribution in [1.82, 2.24) is 40.5 Å². The maximum absolute atomic E-state index is 14.8. The van der Waals surface area contributed by atoms with Crippen LogP contribution in [0.4, 0.5) is 10.1 Å². The number of amides is 3. The number of esters is 1. The van der Waals surface area contributed by atoms with Crippen molar-refractivity contribution in [3.8, 4) is 11.3 Å². The number of nitrogens with two attached hydrogens (primary N) is 1. The predicted octanol–water partition coefficient (Wildman–Crippen LogP) is 2.73. The molecule has 5 rings (SSSR count). The number of aliphatic hydroxyl groups excluding tert-OH is 1. The van der Waals surface area contributed by atoms with Gasteiger partial charge in [0.05, 0.1) is 31.0 Å². The molecule has 1 fully saturated rings. The zero-order valence-corrected chi connectivity index (χ0v) is 31.1. The van der Waals surface area contributed by atoms with Gasteiger partial charge in [-0.3, -0.25) is 24.0 Å². The van der Waals surface area contributed by atoms with Gasteiger partial charge in [-0.15, -0.1) is 5.10 Å². The van der Waals surface area contributed by atoms with Crippen LogP contribution in [0, 0.1) is 11.8 Å². The molecule has 0 aromatic carbocycles. The van der Waals surface area contributed by atoms with Gasteiger partial charge in [-0.1, -0.05) is 48.9 Å². The van der Waals surface area contributed by atoms with Gasteiger partial charge in [-0.05, 0) is 37.8 Å². The summed E-state index contributed by atoms with van der Waals surface area (Å²) in [5, 5.41) is 24.3. The average molecular weight is 762 g/mol. The van der Waals surface area contributed by atoms with Crippen LogP contribution in [0.25, 0.3) is 11.3 Å². The van der Waals surface area contributed by atoms with Crippen LogP contribution in [-0.2, 0) is 32.1 Å². The Kier molecular flexibility index (Phi) is 14.0. The van der Waals surface area contributed by atoms with Crippen LogP contribution in [0.1, 0.15) is 62.8 Å². The maximum atomic E-state index is 14.8. The highest BCUT2D eigenvalue weighted by atomic mass is 19.1. The molecule has 5 N–H and O–H groups in total. The number of carbonyl (C=O) groups excluding carboxylic acids is 4. The predicted molar refractivity (Wildman–Crippen MR) is 198 cm³/mol. The molecule has 294 valence electrons. The molecule has 2 aliphatic rings. The Hall–Kier alpha value is -5.71. The average Bonchev–Trinajstić information content (AvgIpc) is 3.92. The fraction of sp³-hybridized carbons (Fsp3) is 0.474. The Morgan fingerprint density at radius 2 is 2.02 bits per heavy atom. The summed E-state index contributed by atoms with van der Waals surface area (Å²) in [6, 6.07) is 0.800. The number of hydrogen-bond acceptors (Lipinski definition) is 12. The van der Waals surface area contributed by atoms with Gasteiger partial charge in [-0.2, -0.15) is 0 Å². The van der Waals surface area contributed by atoms with E-state index in [1.54, 1.807) is 48.3 Å². The number of aromatic nitrogens is 5. The van der Waals surface area contributed by atoms with Crippen LogP contribution in [0.15, 0.2) is 71.3 Å². The van der Waals surface area contributed by atoms with Crippen molar-refractivity contribution < 1.29 is 37.8 Å². The van der Waals surface area contributed by atoms with Crippen molar-refractivity contribution in [1.29, 1.82) is 0 Å². The van der Waals surface area contributed by atoms with Crippen molar-refractivity contribution in [2.45, 2.75) is 83.8 Å². The monoisotopic (exact) mass is 761 g/mol. The van der Waals surface area contributed by atoms with Crippen LogP contribution in [0.3, 0.4) is 0 Å². The third-order valence-electron chi connectivity index (χ3n) is 9.18. The minimum absolute atomic E-state index is 0.00901. The molecule has 16 nitrogen and oxygen atoms in total. The van der Waals surface area contributed by atoms with E-state index in [0.717, 1.165) is 6.26 Å². The molecule has 1 saturated heterocycles. The molecular weight excluding hydrogens is 713 g/mol. The van der Waals surface area contributed by atoms with Crippen LogP contribution in [0.2, 0.25) is 0 Å². The SMILES string of the molecule is CC1=C[C@@H](O)C[C@@H](F)Cc2nc(co2)C(=O)N2CCC[C@@H]2C(=O)O[C@H](C(C)C)[C@H](CC(=O)NCCn2cc(-c3cncc(N)c3)nn2)/C=C/C(=O)NCC=C1. The van der Waals surface area contributed by atoms with Gasteiger partial charge in [0.25, 0.3) is 5.91 Å².